The highest BCUT2D eigenvalue weighted by molar-refractivity contribution is 4.99. The zero-order valence-corrected chi connectivity index (χ0v) is 36.9. The standard InChI is InChI=1S/C38H66O31/c1-57-28-10(4-40)62-35(24(53)17(28)46)66-30-12(6-42)63-36(25(54)19(30)48)67-31-13(7-43)64-37(26(55)20(31)49)69-32-14(8-59-34-22(51)16(45)15(44)9(3-39)60-34)65-38(27(56)21(32)50)68-29-11(5-41)61-33(58-2)23(52)18(29)47/h9-56H,3-8H2,1-2H3/t9-,10?,11?,12-,13?,14-,15-,16?,17-,18?,19?,20-,21?,22?,23?,24?,25?,26?,27?,28+,29+,30+,31+,32+,33+,34-,35-,36+,37-,38+/m0/s1. The molecule has 0 spiro atoms. The maximum Gasteiger partial charge on any atom is 0.187 e. The highest BCUT2D eigenvalue weighted by Crippen LogP contribution is 2.36. The third-order valence-corrected chi connectivity index (χ3v) is 12.9. The van der Waals surface area contributed by atoms with Gasteiger partial charge in [-0.25, -0.2) is 0 Å². The van der Waals surface area contributed by atoms with Gasteiger partial charge in [-0.3, -0.25) is 0 Å². The topological polar surface area (TPSA) is 484 Å². The second-order valence-corrected chi connectivity index (χ2v) is 17.2. The number of aliphatic hydroxyl groups is 18. The fourth-order valence-corrected chi connectivity index (χ4v) is 8.87. The highest BCUT2D eigenvalue weighted by atomic mass is 16.8. The Bertz CT molecular complexity index is 1530. The van der Waals surface area contributed by atoms with Crippen LogP contribution in [0.25, 0.3) is 0 Å². The first-order chi connectivity index (χ1) is 32.8. The smallest absolute Gasteiger partial charge is 0.187 e. The number of hydrogen-bond donors (Lipinski definition) is 18. The molecule has 0 bridgehead atoms. The molecule has 69 heavy (non-hydrogen) atoms. The minimum atomic E-state index is -2.22. The molecule has 6 rings (SSSR count). The van der Waals surface area contributed by atoms with Gasteiger partial charge in [0.15, 0.2) is 37.7 Å². The molecule has 0 saturated carbocycles. The average molecular weight is 1020 g/mol. The zero-order valence-electron chi connectivity index (χ0n) is 36.9. The van der Waals surface area contributed by atoms with Crippen molar-refractivity contribution in [3.05, 3.63) is 0 Å². The van der Waals surface area contributed by atoms with Gasteiger partial charge in [0.2, 0.25) is 0 Å². The van der Waals surface area contributed by atoms with Crippen molar-refractivity contribution in [1.29, 1.82) is 0 Å². The second kappa shape index (κ2) is 24.9. The average Bonchev–Trinajstić information content (AvgIpc) is 3.34. The van der Waals surface area contributed by atoms with E-state index in [1.807, 2.05) is 0 Å². The van der Waals surface area contributed by atoms with E-state index < -0.39 is 224 Å². The van der Waals surface area contributed by atoms with Crippen LogP contribution in [0, 0.1) is 0 Å². The fourth-order valence-electron chi connectivity index (χ4n) is 8.87. The van der Waals surface area contributed by atoms with Gasteiger partial charge in [0.05, 0.1) is 39.6 Å². The lowest BCUT2D eigenvalue weighted by atomic mass is 9.95. The van der Waals surface area contributed by atoms with Crippen molar-refractivity contribution in [2.75, 3.05) is 53.9 Å². The first kappa shape index (κ1) is 57.0. The van der Waals surface area contributed by atoms with Gasteiger partial charge in [0.25, 0.3) is 0 Å². The van der Waals surface area contributed by atoms with Gasteiger partial charge in [-0.05, 0) is 0 Å². The summed E-state index contributed by atoms with van der Waals surface area (Å²) in [4.78, 5) is 0. The van der Waals surface area contributed by atoms with Crippen molar-refractivity contribution < 1.29 is 153 Å². The van der Waals surface area contributed by atoms with E-state index in [-0.39, 0.29) is 0 Å². The predicted molar refractivity (Wildman–Crippen MR) is 209 cm³/mol. The van der Waals surface area contributed by atoms with Gasteiger partial charge in [0, 0.05) is 14.2 Å². The molecule has 30 atom stereocenters. The number of aliphatic hydroxyl groups excluding tert-OH is 18. The summed E-state index contributed by atoms with van der Waals surface area (Å²) in [5, 5.41) is 192. The summed E-state index contributed by atoms with van der Waals surface area (Å²) in [6.45, 7) is -5.23. The third-order valence-electron chi connectivity index (χ3n) is 12.9. The van der Waals surface area contributed by atoms with Crippen molar-refractivity contribution in [2.45, 2.75) is 184 Å². The molecule has 13 unspecified atom stereocenters. The summed E-state index contributed by atoms with van der Waals surface area (Å²) in [5.74, 6) is 0. The monoisotopic (exact) mass is 1020 g/mol. The van der Waals surface area contributed by atoms with E-state index in [1.165, 1.54) is 7.11 Å². The van der Waals surface area contributed by atoms with Gasteiger partial charge in [0.1, 0.15) is 146 Å². The molecule has 0 aromatic heterocycles. The van der Waals surface area contributed by atoms with E-state index in [9.17, 15) is 91.9 Å². The summed E-state index contributed by atoms with van der Waals surface area (Å²) in [7, 11) is 2.33. The van der Waals surface area contributed by atoms with E-state index in [0.29, 0.717) is 0 Å². The Morgan fingerprint density at radius 1 is 0.275 bits per heavy atom. The van der Waals surface area contributed by atoms with Crippen molar-refractivity contribution in [3.63, 3.8) is 0 Å². The quantitative estimate of drug-likeness (QED) is 0.0606. The molecule has 0 aromatic carbocycles. The molecule has 6 fully saturated rings. The largest absolute Gasteiger partial charge is 0.394 e. The molecule has 0 radical (unpaired) electrons. The molecule has 0 aliphatic carbocycles. The lowest BCUT2D eigenvalue weighted by Crippen LogP contribution is -2.68. The minimum absolute atomic E-state index is 0.700. The maximum absolute atomic E-state index is 11.5. The second-order valence-electron chi connectivity index (χ2n) is 17.2. The zero-order chi connectivity index (χ0) is 50.8. The number of ether oxygens (including phenoxy) is 13. The molecule has 6 heterocycles. The Labute approximate surface area is 391 Å². The molecule has 0 aromatic rings. The van der Waals surface area contributed by atoms with Crippen LogP contribution < -0.4 is 0 Å². The molecule has 6 aliphatic heterocycles. The molecule has 31 heteroatoms. The lowest BCUT2D eigenvalue weighted by Gasteiger charge is -2.50. The van der Waals surface area contributed by atoms with Crippen LogP contribution >= 0.6 is 0 Å². The van der Waals surface area contributed by atoms with Crippen LogP contribution in [-0.4, -0.2) is 330 Å². The van der Waals surface area contributed by atoms with Gasteiger partial charge in [-0.15, -0.1) is 0 Å². The highest BCUT2D eigenvalue weighted by Gasteiger charge is 2.57. The number of rotatable bonds is 18. The Hall–Kier alpha value is -1.24. The van der Waals surface area contributed by atoms with E-state index in [4.69, 9.17) is 61.6 Å². The lowest BCUT2D eigenvalue weighted by molar-refractivity contribution is -0.395. The Kier molecular flexibility index (Phi) is 20.6. The summed E-state index contributed by atoms with van der Waals surface area (Å²) >= 11 is 0. The van der Waals surface area contributed by atoms with Crippen molar-refractivity contribution in [2.24, 2.45) is 0 Å². The Morgan fingerprint density at radius 2 is 0.551 bits per heavy atom. The van der Waals surface area contributed by atoms with Crippen LogP contribution in [0.5, 0.6) is 0 Å². The summed E-state index contributed by atoms with van der Waals surface area (Å²) in [6.07, 6.45) is -54.3. The van der Waals surface area contributed by atoms with Crippen molar-refractivity contribution >= 4 is 0 Å². The van der Waals surface area contributed by atoms with E-state index >= 15 is 0 Å². The molecule has 18 N–H and O–H groups in total. The van der Waals surface area contributed by atoms with Crippen LogP contribution in [0.4, 0.5) is 0 Å². The Morgan fingerprint density at radius 3 is 0.899 bits per heavy atom. The first-order valence-electron chi connectivity index (χ1n) is 21.9. The van der Waals surface area contributed by atoms with Crippen molar-refractivity contribution in [1.82, 2.24) is 0 Å². The molecular weight excluding hydrogens is 952 g/mol. The van der Waals surface area contributed by atoms with Gasteiger partial charge >= 0.3 is 0 Å². The Balaban J connectivity index is 1.17. The molecule has 6 saturated heterocycles. The fraction of sp³-hybridized carbons (Fsp3) is 1.00. The number of hydrogen-bond acceptors (Lipinski definition) is 31. The van der Waals surface area contributed by atoms with Crippen LogP contribution in [-0.2, 0) is 61.6 Å². The van der Waals surface area contributed by atoms with Gasteiger partial charge in [-0.1, -0.05) is 0 Å². The van der Waals surface area contributed by atoms with Crippen LogP contribution in [0.2, 0.25) is 0 Å². The normalized spacial score (nSPS) is 52.2. The summed E-state index contributed by atoms with van der Waals surface area (Å²) < 4.78 is 72.2. The van der Waals surface area contributed by atoms with E-state index in [1.54, 1.807) is 0 Å². The predicted octanol–water partition coefficient (Wildman–Crippen LogP) is -12.8. The maximum atomic E-state index is 11.5. The first-order valence-corrected chi connectivity index (χ1v) is 21.9. The van der Waals surface area contributed by atoms with Crippen LogP contribution in [0.15, 0.2) is 0 Å². The summed E-state index contributed by atoms with van der Waals surface area (Å²) in [5.41, 5.74) is 0. The third kappa shape index (κ3) is 11.8. The summed E-state index contributed by atoms with van der Waals surface area (Å²) in [6, 6.07) is 0. The molecular formula is C38H66O31. The van der Waals surface area contributed by atoms with Gasteiger partial charge < -0.3 is 153 Å². The van der Waals surface area contributed by atoms with E-state index in [0.717, 1.165) is 7.11 Å². The van der Waals surface area contributed by atoms with Gasteiger partial charge in [-0.2, -0.15) is 0 Å². The molecule has 6 aliphatic rings. The molecule has 0 amide bonds. The SMILES string of the molecule is CO[C@@H]1OC(CO)[C@@H](O[C@H]2O[C@@H](CO[C@H]3O[C@@H](CO)[C@H](O)C(O)C3O)[C@@H](O[C@@H]3OC(CO)[C@@H](O[C@H]4O[C@@H](CO)[C@@H](O[C@@H]5OC(CO)[C@@H](OC)[C@@H](O)C5O)C(O)C4O)[C@@H](O)C3O)C(O)C2O)C(O)C1O. The minimum Gasteiger partial charge on any atom is -0.394 e. The van der Waals surface area contributed by atoms with Crippen molar-refractivity contribution in [3.8, 4) is 0 Å². The van der Waals surface area contributed by atoms with Crippen LogP contribution in [0.3, 0.4) is 0 Å². The molecule has 31 nitrogen and oxygen atoms in total. The van der Waals surface area contributed by atoms with E-state index in [2.05, 4.69) is 0 Å². The number of methoxy groups -OCH3 is 2. The molecule has 404 valence electrons. The van der Waals surface area contributed by atoms with Crippen LogP contribution in [0.1, 0.15) is 0 Å².